The first-order chi connectivity index (χ1) is 7.41. The predicted molar refractivity (Wildman–Crippen MR) is 64.1 cm³/mol. The Bertz CT molecular complexity index is 356. The molecule has 1 saturated heterocycles. The minimum Gasteiger partial charge on any atom is -0.366 e. The third kappa shape index (κ3) is 0.805. The van der Waals surface area contributed by atoms with E-state index in [1.54, 1.807) is 0 Å². The van der Waals surface area contributed by atoms with E-state index in [1.165, 1.54) is 25.7 Å². The summed E-state index contributed by atoms with van der Waals surface area (Å²) in [5.41, 5.74) is 1.44. The third-order valence-electron chi connectivity index (χ3n) is 7.18. The third-order valence-corrected chi connectivity index (χ3v) is 7.18. The molecular formula is C15H24O. The van der Waals surface area contributed by atoms with Crippen LogP contribution in [0.1, 0.15) is 53.4 Å². The van der Waals surface area contributed by atoms with Crippen LogP contribution in [0.15, 0.2) is 0 Å². The minimum absolute atomic E-state index is 0.263. The van der Waals surface area contributed by atoms with E-state index in [9.17, 15) is 0 Å². The summed E-state index contributed by atoms with van der Waals surface area (Å²) in [4.78, 5) is 0. The van der Waals surface area contributed by atoms with Crippen molar-refractivity contribution in [1.29, 1.82) is 0 Å². The van der Waals surface area contributed by atoms with Gasteiger partial charge in [-0.1, -0.05) is 20.8 Å². The van der Waals surface area contributed by atoms with E-state index in [2.05, 4.69) is 27.7 Å². The lowest BCUT2D eigenvalue weighted by Gasteiger charge is -2.37. The van der Waals surface area contributed by atoms with Gasteiger partial charge in [-0.15, -0.1) is 0 Å². The zero-order valence-electron chi connectivity index (χ0n) is 11.0. The van der Waals surface area contributed by atoms with E-state index in [-0.39, 0.29) is 5.60 Å². The van der Waals surface area contributed by atoms with Gasteiger partial charge >= 0.3 is 0 Å². The molecule has 1 nitrogen and oxygen atoms in total. The largest absolute Gasteiger partial charge is 0.366 e. The van der Waals surface area contributed by atoms with Crippen molar-refractivity contribution in [3.05, 3.63) is 0 Å². The second kappa shape index (κ2) is 2.39. The van der Waals surface area contributed by atoms with Crippen LogP contribution in [-0.4, -0.2) is 11.7 Å². The zero-order valence-corrected chi connectivity index (χ0v) is 11.0. The van der Waals surface area contributed by atoms with Gasteiger partial charge in [-0.2, -0.15) is 0 Å². The van der Waals surface area contributed by atoms with Crippen LogP contribution in [0.5, 0.6) is 0 Å². The van der Waals surface area contributed by atoms with Gasteiger partial charge in [0.1, 0.15) is 0 Å². The summed E-state index contributed by atoms with van der Waals surface area (Å²) < 4.78 is 6.09. The maximum atomic E-state index is 6.09. The molecule has 4 rings (SSSR count). The molecule has 0 aromatic rings. The summed E-state index contributed by atoms with van der Waals surface area (Å²) in [5, 5.41) is 0. The average molecular weight is 220 g/mol. The Morgan fingerprint density at radius 1 is 1.00 bits per heavy atom. The SMILES string of the molecule is C[C@@H]1CC[C@H]2C(C)(C)[C@@H]3C[C@@]12C[C@@H]1O[C@@]13C. The molecule has 4 fully saturated rings. The number of rotatable bonds is 0. The normalized spacial score (nSPS) is 65.2. The highest BCUT2D eigenvalue weighted by Gasteiger charge is 2.76. The lowest BCUT2D eigenvalue weighted by atomic mass is 9.66. The average Bonchev–Trinajstić information content (AvgIpc) is 2.67. The highest BCUT2D eigenvalue weighted by atomic mass is 16.6. The fraction of sp³-hybridized carbons (Fsp3) is 1.00. The molecule has 1 heterocycles. The summed E-state index contributed by atoms with van der Waals surface area (Å²) in [5.74, 6) is 2.75. The van der Waals surface area contributed by atoms with Crippen molar-refractivity contribution in [2.24, 2.45) is 28.6 Å². The molecular weight excluding hydrogens is 196 g/mol. The van der Waals surface area contributed by atoms with Crippen LogP contribution >= 0.6 is 0 Å². The Kier molecular flexibility index (Phi) is 1.48. The molecule has 6 atom stereocenters. The molecule has 2 bridgehead atoms. The molecule has 0 N–H and O–H groups in total. The van der Waals surface area contributed by atoms with Crippen LogP contribution in [0.3, 0.4) is 0 Å². The van der Waals surface area contributed by atoms with E-state index in [0.717, 1.165) is 17.8 Å². The summed E-state index contributed by atoms with van der Waals surface area (Å²) in [6, 6.07) is 0. The van der Waals surface area contributed by atoms with Crippen LogP contribution in [0.25, 0.3) is 0 Å². The van der Waals surface area contributed by atoms with Crippen molar-refractivity contribution >= 4 is 0 Å². The van der Waals surface area contributed by atoms with Gasteiger partial charge < -0.3 is 4.74 Å². The number of hydrogen-bond acceptors (Lipinski definition) is 1. The molecule has 0 radical (unpaired) electrons. The fourth-order valence-electron chi connectivity index (χ4n) is 6.21. The van der Waals surface area contributed by atoms with Crippen molar-refractivity contribution < 1.29 is 4.74 Å². The van der Waals surface area contributed by atoms with Gasteiger partial charge in [-0.05, 0) is 61.2 Å². The Morgan fingerprint density at radius 2 is 1.75 bits per heavy atom. The molecule has 1 heteroatoms. The van der Waals surface area contributed by atoms with Crippen molar-refractivity contribution in [1.82, 2.24) is 0 Å². The Morgan fingerprint density at radius 3 is 2.50 bits per heavy atom. The van der Waals surface area contributed by atoms with Gasteiger partial charge in [0.25, 0.3) is 0 Å². The molecule has 3 aliphatic carbocycles. The maximum Gasteiger partial charge on any atom is 0.0954 e. The van der Waals surface area contributed by atoms with Gasteiger partial charge in [-0.25, -0.2) is 0 Å². The van der Waals surface area contributed by atoms with Gasteiger partial charge in [-0.3, -0.25) is 0 Å². The topological polar surface area (TPSA) is 12.5 Å². The van der Waals surface area contributed by atoms with E-state index in [4.69, 9.17) is 4.74 Å². The van der Waals surface area contributed by atoms with E-state index in [1.807, 2.05) is 0 Å². The molecule has 90 valence electrons. The number of hydrogen-bond donors (Lipinski definition) is 0. The molecule has 0 amide bonds. The van der Waals surface area contributed by atoms with Gasteiger partial charge in [0.15, 0.2) is 0 Å². The monoisotopic (exact) mass is 220 g/mol. The minimum atomic E-state index is 0.263. The number of epoxide rings is 1. The molecule has 0 aromatic heterocycles. The second-order valence-electron chi connectivity index (χ2n) is 7.84. The lowest BCUT2D eigenvalue weighted by molar-refractivity contribution is 0.0866. The molecule has 0 unspecified atom stereocenters. The Hall–Kier alpha value is -0.0400. The first-order valence-corrected chi connectivity index (χ1v) is 7.09. The molecule has 16 heavy (non-hydrogen) atoms. The quantitative estimate of drug-likeness (QED) is 0.568. The zero-order chi connectivity index (χ0) is 11.3. The molecule has 4 aliphatic rings. The summed E-state index contributed by atoms with van der Waals surface area (Å²) in [6.07, 6.45) is 6.38. The Balaban J connectivity index is 1.85. The molecule has 1 spiro atoms. The highest BCUT2D eigenvalue weighted by molar-refractivity contribution is 5.24. The van der Waals surface area contributed by atoms with Crippen molar-refractivity contribution in [2.75, 3.05) is 0 Å². The van der Waals surface area contributed by atoms with Crippen molar-refractivity contribution in [3.63, 3.8) is 0 Å². The fourth-order valence-corrected chi connectivity index (χ4v) is 6.21. The molecule has 3 saturated carbocycles. The van der Waals surface area contributed by atoms with Crippen LogP contribution in [0.4, 0.5) is 0 Å². The van der Waals surface area contributed by atoms with Crippen LogP contribution in [0, 0.1) is 28.6 Å². The van der Waals surface area contributed by atoms with Gasteiger partial charge in [0, 0.05) is 0 Å². The summed E-state index contributed by atoms with van der Waals surface area (Å²) >= 11 is 0. The summed E-state index contributed by atoms with van der Waals surface area (Å²) in [6.45, 7) is 9.93. The van der Waals surface area contributed by atoms with Crippen LogP contribution < -0.4 is 0 Å². The van der Waals surface area contributed by atoms with E-state index in [0.29, 0.717) is 16.9 Å². The van der Waals surface area contributed by atoms with Crippen LogP contribution in [-0.2, 0) is 4.74 Å². The van der Waals surface area contributed by atoms with E-state index >= 15 is 0 Å². The van der Waals surface area contributed by atoms with E-state index < -0.39 is 0 Å². The number of fused-ring (bicyclic) bond motifs is 3. The summed E-state index contributed by atoms with van der Waals surface area (Å²) in [7, 11) is 0. The standard InChI is InChI=1S/C15H24O/c1-9-5-6-10-13(2,3)11-7-15(9,10)8-12-14(11,4)16-12/h9-12H,5-8H2,1-4H3/t9-,10+,11+,12+,14-,15-/m1/s1. The molecule has 0 aromatic carbocycles. The number of ether oxygens (including phenoxy) is 1. The highest BCUT2D eigenvalue weighted by Crippen LogP contribution is 2.77. The van der Waals surface area contributed by atoms with Crippen molar-refractivity contribution in [3.8, 4) is 0 Å². The molecule has 1 aliphatic heterocycles. The Labute approximate surface area is 98.9 Å². The van der Waals surface area contributed by atoms with Gasteiger partial charge in [0.05, 0.1) is 11.7 Å². The van der Waals surface area contributed by atoms with Crippen LogP contribution in [0.2, 0.25) is 0 Å². The maximum absolute atomic E-state index is 6.09. The van der Waals surface area contributed by atoms with Crippen molar-refractivity contribution in [2.45, 2.75) is 65.1 Å². The lowest BCUT2D eigenvalue weighted by Crippen LogP contribution is -2.36. The smallest absolute Gasteiger partial charge is 0.0954 e. The predicted octanol–water partition coefficient (Wildman–Crippen LogP) is 3.63. The first-order valence-electron chi connectivity index (χ1n) is 7.09. The first kappa shape index (κ1) is 9.94. The second-order valence-corrected chi connectivity index (χ2v) is 7.84. The van der Waals surface area contributed by atoms with Gasteiger partial charge in [0.2, 0.25) is 0 Å².